The van der Waals surface area contributed by atoms with E-state index in [1.54, 1.807) is 17.5 Å². The largest absolute Gasteiger partial charge is 0.416 e. The molecule has 0 unspecified atom stereocenters. The predicted octanol–water partition coefficient (Wildman–Crippen LogP) is 4.56. The first-order valence-electron chi connectivity index (χ1n) is 5.79. The lowest BCUT2D eigenvalue weighted by Gasteiger charge is -2.13. The Morgan fingerprint density at radius 1 is 1.30 bits per heavy atom. The van der Waals surface area contributed by atoms with Gasteiger partial charge in [0.05, 0.1) is 11.1 Å². The number of nitrogens with one attached hydrogen (secondary N) is 1. The number of hydrogen-bond acceptors (Lipinski definition) is 3. The zero-order chi connectivity index (χ0) is 14.8. The molecule has 0 spiro atoms. The first kappa shape index (κ1) is 14.4. The molecule has 0 radical (unpaired) electrons. The summed E-state index contributed by atoms with van der Waals surface area (Å²) in [6.45, 7) is 1.83. The van der Waals surface area contributed by atoms with Crippen molar-refractivity contribution in [3.05, 3.63) is 51.2 Å². The maximum atomic E-state index is 12.8. The fourth-order valence-corrected chi connectivity index (χ4v) is 2.51. The van der Waals surface area contributed by atoms with Crippen LogP contribution >= 0.6 is 11.3 Å². The lowest BCUT2D eigenvalue weighted by Crippen LogP contribution is -2.08. The maximum Gasteiger partial charge on any atom is 0.416 e. The van der Waals surface area contributed by atoms with Crippen LogP contribution in [0.25, 0.3) is 0 Å². The quantitative estimate of drug-likeness (QED) is 0.901. The van der Waals surface area contributed by atoms with Gasteiger partial charge < -0.3 is 5.32 Å². The molecule has 0 aliphatic carbocycles. The van der Waals surface area contributed by atoms with E-state index in [-0.39, 0.29) is 5.56 Å². The fourth-order valence-electron chi connectivity index (χ4n) is 1.76. The predicted molar refractivity (Wildman–Crippen MR) is 72.5 cm³/mol. The van der Waals surface area contributed by atoms with Crippen molar-refractivity contribution in [2.75, 3.05) is 5.32 Å². The minimum absolute atomic E-state index is 0.200. The Morgan fingerprint density at radius 3 is 2.65 bits per heavy atom. The number of alkyl halides is 3. The third kappa shape index (κ3) is 3.31. The molecule has 2 rings (SSSR count). The molecular weight excluding hydrogens is 285 g/mol. The molecule has 0 saturated carbocycles. The van der Waals surface area contributed by atoms with Gasteiger partial charge in [0.25, 0.3) is 0 Å². The van der Waals surface area contributed by atoms with Crippen molar-refractivity contribution >= 4 is 17.0 Å². The molecule has 0 amide bonds. The zero-order valence-corrected chi connectivity index (χ0v) is 11.4. The van der Waals surface area contributed by atoms with Crippen LogP contribution in [0.2, 0.25) is 0 Å². The monoisotopic (exact) mass is 296 g/mol. The van der Waals surface area contributed by atoms with Crippen molar-refractivity contribution in [3.63, 3.8) is 0 Å². The number of rotatable bonds is 3. The lowest BCUT2D eigenvalue weighted by atomic mass is 10.1. The van der Waals surface area contributed by atoms with E-state index >= 15 is 0 Å². The highest BCUT2D eigenvalue weighted by Crippen LogP contribution is 2.33. The summed E-state index contributed by atoms with van der Waals surface area (Å²) in [5.74, 6) is 0. The van der Waals surface area contributed by atoms with E-state index in [2.05, 4.69) is 5.32 Å². The normalized spacial score (nSPS) is 11.2. The van der Waals surface area contributed by atoms with E-state index in [4.69, 9.17) is 5.26 Å². The van der Waals surface area contributed by atoms with Crippen LogP contribution in [-0.4, -0.2) is 0 Å². The summed E-state index contributed by atoms with van der Waals surface area (Å²) in [4.78, 5) is 0.899. The van der Waals surface area contributed by atoms with E-state index in [1.165, 1.54) is 24.3 Å². The molecule has 1 aromatic carbocycles. The maximum absolute atomic E-state index is 12.8. The molecule has 0 aliphatic rings. The van der Waals surface area contributed by atoms with Crippen LogP contribution < -0.4 is 5.32 Å². The van der Waals surface area contributed by atoms with Crippen molar-refractivity contribution in [1.82, 2.24) is 0 Å². The van der Waals surface area contributed by atoms with Crippen LogP contribution in [0.3, 0.4) is 0 Å². The van der Waals surface area contributed by atoms with E-state index in [1.807, 2.05) is 6.07 Å². The Bertz CT molecular complexity index is 653. The molecule has 0 fully saturated rings. The summed E-state index contributed by atoms with van der Waals surface area (Å²) in [7, 11) is 0. The summed E-state index contributed by atoms with van der Waals surface area (Å²) < 4.78 is 38.3. The lowest BCUT2D eigenvalue weighted by molar-refractivity contribution is -0.138. The Balaban J connectivity index is 2.12. The molecule has 6 heteroatoms. The van der Waals surface area contributed by atoms with Crippen LogP contribution in [0.15, 0.2) is 29.6 Å². The number of nitriles is 1. The van der Waals surface area contributed by atoms with Crippen LogP contribution in [0.1, 0.15) is 21.6 Å². The first-order chi connectivity index (χ1) is 9.40. The Kier molecular flexibility index (Phi) is 4.00. The number of hydrogen-bond donors (Lipinski definition) is 1. The molecule has 2 aromatic rings. The van der Waals surface area contributed by atoms with Crippen LogP contribution in [0.4, 0.5) is 18.9 Å². The number of aryl methyl sites for hydroxylation is 1. The van der Waals surface area contributed by atoms with E-state index in [9.17, 15) is 13.2 Å². The van der Waals surface area contributed by atoms with Crippen molar-refractivity contribution < 1.29 is 13.2 Å². The molecule has 0 saturated heterocycles. The number of benzene rings is 1. The molecule has 0 atom stereocenters. The summed E-state index contributed by atoms with van der Waals surface area (Å²) in [5.41, 5.74) is 0.541. The second-order valence-electron chi connectivity index (χ2n) is 4.29. The van der Waals surface area contributed by atoms with E-state index < -0.39 is 11.7 Å². The van der Waals surface area contributed by atoms with Crippen molar-refractivity contribution in [2.45, 2.75) is 19.6 Å². The minimum atomic E-state index is -4.35. The van der Waals surface area contributed by atoms with Gasteiger partial charge in [-0.2, -0.15) is 18.4 Å². The minimum Gasteiger partial charge on any atom is -0.380 e. The van der Waals surface area contributed by atoms with Gasteiger partial charge in [0, 0.05) is 22.5 Å². The first-order valence-corrected chi connectivity index (χ1v) is 6.67. The van der Waals surface area contributed by atoms with Gasteiger partial charge in [-0.25, -0.2) is 0 Å². The Labute approximate surface area is 118 Å². The van der Waals surface area contributed by atoms with Gasteiger partial charge in [-0.05, 0) is 30.7 Å². The molecule has 0 bridgehead atoms. The smallest absolute Gasteiger partial charge is 0.380 e. The average Bonchev–Trinajstić information content (AvgIpc) is 2.84. The van der Waals surface area contributed by atoms with E-state index in [0.717, 1.165) is 10.9 Å². The van der Waals surface area contributed by atoms with Crippen molar-refractivity contribution in [1.29, 1.82) is 5.26 Å². The van der Waals surface area contributed by atoms with E-state index in [0.29, 0.717) is 17.8 Å². The number of nitrogens with zero attached hydrogens (tertiary/aromatic N) is 1. The molecule has 1 heterocycles. The van der Waals surface area contributed by atoms with Gasteiger partial charge in [0.2, 0.25) is 0 Å². The van der Waals surface area contributed by atoms with Crippen molar-refractivity contribution in [3.8, 4) is 6.07 Å². The van der Waals surface area contributed by atoms with Gasteiger partial charge in [0.15, 0.2) is 0 Å². The molecule has 1 aromatic heterocycles. The second kappa shape index (κ2) is 5.55. The third-order valence-electron chi connectivity index (χ3n) is 2.79. The summed E-state index contributed by atoms with van der Waals surface area (Å²) in [5, 5.41) is 13.4. The molecule has 2 nitrogen and oxygen atoms in total. The van der Waals surface area contributed by atoms with Crippen LogP contribution in [0, 0.1) is 18.3 Å². The van der Waals surface area contributed by atoms with Gasteiger partial charge in [0.1, 0.15) is 6.07 Å². The highest BCUT2D eigenvalue weighted by molar-refractivity contribution is 7.10. The SMILES string of the molecule is Cc1ccc(NCc2cc(C#N)cs2)cc1C(F)(F)F. The van der Waals surface area contributed by atoms with Gasteiger partial charge in [-0.3, -0.25) is 0 Å². The number of anilines is 1. The molecule has 1 N–H and O–H groups in total. The Morgan fingerprint density at radius 2 is 2.05 bits per heavy atom. The van der Waals surface area contributed by atoms with Gasteiger partial charge in [-0.1, -0.05) is 6.07 Å². The molecule has 0 aliphatic heterocycles. The zero-order valence-electron chi connectivity index (χ0n) is 10.6. The van der Waals surface area contributed by atoms with Gasteiger partial charge >= 0.3 is 6.18 Å². The fraction of sp³-hybridized carbons (Fsp3) is 0.214. The topological polar surface area (TPSA) is 35.8 Å². The van der Waals surface area contributed by atoms with Crippen LogP contribution in [0.5, 0.6) is 0 Å². The molecular formula is C14H11F3N2S. The standard InChI is InChI=1S/C14H11F3N2S/c1-9-2-3-11(5-13(9)14(15,16)17)19-7-12-4-10(6-18)8-20-12/h2-5,8,19H,7H2,1H3. The highest BCUT2D eigenvalue weighted by Gasteiger charge is 2.32. The summed E-state index contributed by atoms with van der Waals surface area (Å²) in [6.07, 6.45) is -4.35. The third-order valence-corrected chi connectivity index (χ3v) is 3.73. The average molecular weight is 296 g/mol. The van der Waals surface area contributed by atoms with Crippen molar-refractivity contribution in [2.24, 2.45) is 0 Å². The second-order valence-corrected chi connectivity index (χ2v) is 5.29. The highest BCUT2D eigenvalue weighted by atomic mass is 32.1. The van der Waals surface area contributed by atoms with Crippen LogP contribution in [-0.2, 0) is 12.7 Å². The molecule has 104 valence electrons. The number of halogens is 3. The Hall–Kier alpha value is -2.00. The molecule has 20 heavy (non-hydrogen) atoms. The van der Waals surface area contributed by atoms with Gasteiger partial charge in [-0.15, -0.1) is 11.3 Å². The number of thiophene rings is 1. The summed E-state index contributed by atoms with van der Waals surface area (Å²) in [6, 6.07) is 7.90. The summed E-state index contributed by atoms with van der Waals surface area (Å²) >= 11 is 1.40.